The van der Waals surface area contributed by atoms with Crippen LogP contribution in [0.3, 0.4) is 0 Å². The Morgan fingerprint density at radius 3 is 2.83 bits per heavy atom. The number of hydrazone groups is 1. The zero-order valence-corrected chi connectivity index (χ0v) is 14.3. The normalized spacial score (nSPS) is 10.5. The van der Waals surface area contributed by atoms with Gasteiger partial charge in [-0.25, -0.2) is 5.43 Å². The van der Waals surface area contributed by atoms with Crippen LogP contribution in [0.4, 0.5) is 5.69 Å². The predicted molar refractivity (Wildman–Crippen MR) is 95.2 cm³/mol. The molecule has 124 valence electrons. The van der Waals surface area contributed by atoms with E-state index in [1.807, 2.05) is 12.1 Å². The lowest BCUT2D eigenvalue weighted by Crippen LogP contribution is -2.24. The molecule has 0 radical (unpaired) electrons. The first kappa shape index (κ1) is 17.7. The van der Waals surface area contributed by atoms with E-state index in [-0.39, 0.29) is 23.6 Å². The van der Waals surface area contributed by atoms with Crippen LogP contribution in [0.2, 0.25) is 0 Å². The molecule has 0 fully saturated rings. The fourth-order valence-corrected chi connectivity index (χ4v) is 2.21. The first-order chi connectivity index (χ1) is 11.5. The summed E-state index contributed by atoms with van der Waals surface area (Å²) in [5.74, 6) is -0.113. The van der Waals surface area contributed by atoms with Crippen LogP contribution in [-0.2, 0) is 4.79 Å². The van der Waals surface area contributed by atoms with E-state index in [2.05, 4.69) is 33.1 Å². The molecule has 2 aromatic carbocycles. The number of phenolic OH excluding ortho intramolecular Hbond substituents is 1. The van der Waals surface area contributed by atoms with E-state index >= 15 is 0 Å². The molecule has 9 heteroatoms. The first-order valence-electron chi connectivity index (χ1n) is 6.64. The number of nitrogens with one attached hydrogen (secondary N) is 1. The Hall–Kier alpha value is -2.69. The number of nitro groups is 1. The number of nitro benzene ring substituents is 1. The molecular formula is C15H12IN3O5. The highest BCUT2D eigenvalue weighted by molar-refractivity contribution is 14.1. The second-order valence-electron chi connectivity index (χ2n) is 4.51. The molecule has 0 saturated heterocycles. The van der Waals surface area contributed by atoms with Gasteiger partial charge in [-0.3, -0.25) is 14.9 Å². The zero-order chi connectivity index (χ0) is 17.5. The summed E-state index contributed by atoms with van der Waals surface area (Å²) in [7, 11) is 0. The summed E-state index contributed by atoms with van der Waals surface area (Å²) in [6.45, 7) is -0.238. The van der Waals surface area contributed by atoms with Crippen molar-refractivity contribution in [1.82, 2.24) is 5.43 Å². The number of ether oxygens (including phenoxy) is 1. The maximum atomic E-state index is 11.7. The molecule has 0 spiro atoms. The van der Waals surface area contributed by atoms with Crippen molar-refractivity contribution in [3.05, 3.63) is 61.7 Å². The Balaban J connectivity index is 1.92. The molecule has 2 N–H and O–H groups in total. The topological polar surface area (TPSA) is 114 Å². The third-order valence-electron chi connectivity index (χ3n) is 2.81. The second-order valence-corrected chi connectivity index (χ2v) is 5.67. The first-order valence-corrected chi connectivity index (χ1v) is 7.72. The summed E-state index contributed by atoms with van der Waals surface area (Å²) in [6, 6.07) is 10.7. The van der Waals surface area contributed by atoms with E-state index in [4.69, 9.17) is 4.74 Å². The Kier molecular flexibility index (Phi) is 6.07. The van der Waals surface area contributed by atoms with Crippen molar-refractivity contribution in [1.29, 1.82) is 0 Å². The standard InChI is InChI=1S/C15H12IN3O5/c16-12-3-1-2-4-14(12)24-9-15(21)18-17-8-10-7-11(19(22)23)5-6-13(10)20/h1-8,20H,9H2,(H,18,21)/b17-8+. The van der Waals surface area contributed by atoms with E-state index < -0.39 is 10.8 Å². The number of carbonyl (C=O) groups is 1. The van der Waals surface area contributed by atoms with E-state index in [0.717, 1.165) is 15.9 Å². The van der Waals surface area contributed by atoms with Gasteiger partial charge < -0.3 is 9.84 Å². The van der Waals surface area contributed by atoms with Crippen molar-refractivity contribution < 1.29 is 19.6 Å². The molecule has 0 aliphatic rings. The van der Waals surface area contributed by atoms with Gasteiger partial charge in [-0.1, -0.05) is 12.1 Å². The highest BCUT2D eigenvalue weighted by Crippen LogP contribution is 2.21. The molecule has 0 atom stereocenters. The summed E-state index contributed by atoms with van der Waals surface area (Å²) in [5.41, 5.74) is 2.14. The van der Waals surface area contributed by atoms with Crippen LogP contribution < -0.4 is 10.2 Å². The van der Waals surface area contributed by atoms with Gasteiger partial charge >= 0.3 is 0 Å². The largest absolute Gasteiger partial charge is 0.507 e. The van der Waals surface area contributed by atoms with Gasteiger partial charge in [0.05, 0.1) is 14.7 Å². The van der Waals surface area contributed by atoms with Crippen LogP contribution in [0, 0.1) is 13.7 Å². The molecule has 0 aliphatic carbocycles. The van der Waals surface area contributed by atoms with Crippen LogP contribution in [0.1, 0.15) is 5.56 Å². The fourth-order valence-electron chi connectivity index (χ4n) is 1.67. The molecular weight excluding hydrogens is 429 g/mol. The number of para-hydroxylation sites is 1. The Morgan fingerprint density at radius 1 is 1.38 bits per heavy atom. The highest BCUT2D eigenvalue weighted by Gasteiger charge is 2.09. The van der Waals surface area contributed by atoms with Crippen LogP contribution >= 0.6 is 22.6 Å². The average Bonchev–Trinajstić information content (AvgIpc) is 2.55. The third kappa shape index (κ3) is 4.91. The number of amides is 1. The summed E-state index contributed by atoms with van der Waals surface area (Å²) < 4.78 is 6.21. The summed E-state index contributed by atoms with van der Waals surface area (Å²) in [4.78, 5) is 21.7. The van der Waals surface area contributed by atoms with Crippen molar-refractivity contribution in [2.24, 2.45) is 5.10 Å². The smallest absolute Gasteiger partial charge is 0.277 e. The van der Waals surface area contributed by atoms with Gasteiger partial charge in [0, 0.05) is 17.7 Å². The number of phenols is 1. The van der Waals surface area contributed by atoms with E-state index in [0.29, 0.717) is 5.75 Å². The number of carbonyl (C=O) groups excluding carboxylic acids is 1. The van der Waals surface area contributed by atoms with Gasteiger partial charge in [0.2, 0.25) is 0 Å². The van der Waals surface area contributed by atoms with Crippen LogP contribution in [0.15, 0.2) is 47.6 Å². The number of halogens is 1. The molecule has 2 rings (SSSR count). The highest BCUT2D eigenvalue weighted by atomic mass is 127. The van der Waals surface area contributed by atoms with E-state index in [9.17, 15) is 20.0 Å². The van der Waals surface area contributed by atoms with Crippen LogP contribution in [-0.4, -0.2) is 28.8 Å². The van der Waals surface area contributed by atoms with Crippen molar-refractivity contribution in [2.75, 3.05) is 6.61 Å². The Bertz CT molecular complexity index is 794. The molecule has 0 saturated carbocycles. The lowest BCUT2D eigenvalue weighted by atomic mass is 10.2. The fraction of sp³-hybridized carbons (Fsp3) is 0.0667. The van der Waals surface area contributed by atoms with Gasteiger partial charge in [0.25, 0.3) is 11.6 Å². The summed E-state index contributed by atoms with van der Waals surface area (Å²) in [6.07, 6.45) is 1.12. The minimum Gasteiger partial charge on any atom is -0.507 e. The molecule has 0 unspecified atom stereocenters. The molecule has 0 aromatic heterocycles. The molecule has 0 heterocycles. The molecule has 1 amide bonds. The summed E-state index contributed by atoms with van der Waals surface area (Å²) >= 11 is 2.09. The number of rotatable bonds is 6. The van der Waals surface area contributed by atoms with E-state index in [1.54, 1.807) is 12.1 Å². The SMILES string of the molecule is O=C(COc1ccccc1I)N/N=C/c1cc([N+](=O)[O-])ccc1O. The van der Waals surface area contributed by atoms with Gasteiger partial charge in [-0.05, 0) is 40.8 Å². The lowest BCUT2D eigenvalue weighted by Gasteiger charge is -2.06. The number of hydrogen-bond donors (Lipinski definition) is 2. The molecule has 24 heavy (non-hydrogen) atoms. The number of non-ortho nitro benzene ring substituents is 1. The van der Waals surface area contributed by atoms with Crippen LogP contribution in [0.5, 0.6) is 11.5 Å². The zero-order valence-electron chi connectivity index (χ0n) is 12.2. The molecule has 0 bridgehead atoms. The molecule has 0 aliphatic heterocycles. The van der Waals surface area contributed by atoms with Crippen molar-refractivity contribution in [3.8, 4) is 11.5 Å². The van der Waals surface area contributed by atoms with Gasteiger partial charge in [-0.2, -0.15) is 5.10 Å². The Labute approximate surface area is 150 Å². The van der Waals surface area contributed by atoms with Gasteiger partial charge in [0.15, 0.2) is 6.61 Å². The average molecular weight is 441 g/mol. The number of aromatic hydroxyl groups is 1. The quantitative estimate of drug-likeness (QED) is 0.310. The Morgan fingerprint density at radius 2 is 2.12 bits per heavy atom. The molecule has 2 aromatic rings. The minimum atomic E-state index is -0.593. The van der Waals surface area contributed by atoms with Gasteiger partial charge in [0.1, 0.15) is 11.5 Å². The maximum absolute atomic E-state index is 11.7. The van der Waals surface area contributed by atoms with Crippen molar-refractivity contribution in [3.63, 3.8) is 0 Å². The van der Waals surface area contributed by atoms with E-state index in [1.165, 1.54) is 12.1 Å². The number of hydrogen-bond acceptors (Lipinski definition) is 6. The van der Waals surface area contributed by atoms with Crippen molar-refractivity contribution >= 4 is 40.4 Å². The minimum absolute atomic E-state index is 0.114. The third-order valence-corrected chi connectivity index (χ3v) is 3.70. The monoisotopic (exact) mass is 441 g/mol. The number of nitrogens with zero attached hydrogens (tertiary/aromatic N) is 2. The van der Waals surface area contributed by atoms with Crippen LogP contribution in [0.25, 0.3) is 0 Å². The van der Waals surface area contributed by atoms with Gasteiger partial charge in [-0.15, -0.1) is 0 Å². The second kappa shape index (κ2) is 8.24. The molecule has 8 nitrogen and oxygen atoms in total. The lowest BCUT2D eigenvalue weighted by molar-refractivity contribution is -0.384. The maximum Gasteiger partial charge on any atom is 0.277 e. The number of benzene rings is 2. The van der Waals surface area contributed by atoms with Crippen molar-refractivity contribution in [2.45, 2.75) is 0 Å². The summed E-state index contributed by atoms with van der Waals surface area (Å²) in [5, 5.41) is 23.9. The predicted octanol–water partition coefficient (Wildman–Crippen LogP) is 2.43.